The molecule has 11 heteroatoms. The third kappa shape index (κ3) is 6.14. The van der Waals surface area contributed by atoms with Crippen molar-refractivity contribution >= 4 is 67.1 Å². The van der Waals surface area contributed by atoms with E-state index in [0.717, 1.165) is 16.9 Å². The molecule has 0 unspecified atom stereocenters. The zero-order valence-electron chi connectivity index (χ0n) is 19.3. The second-order valence-electron chi connectivity index (χ2n) is 7.65. The lowest BCUT2D eigenvalue weighted by molar-refractivity contribution is 0.0529. The molecule has 7 nitrogen and oxygen atoms in total. The Bertz CT molecular complexity index is 1550. The molecule has 0 saturated heterocycles. The standard InChI is InChI=1S/C26H20Cl2N2O5S2/c1-2-35-26(32)23-21(16-6-4-3-5-7-16)15-36-25(23)29-24(31)20-14-19(12-13-22(20)28)37(33,34)30-18-10-8-17(27)9-11-18/h3-15,30H,2H2,1H3,(H,29,31). The molecular formula is C26H20Cl2N2O5S2. The van der Waals surface area contributed by atoms with Gasteiger partial charge in [-0.15, -0.1) is 11.3 Å². The third-order valence-corrected chi connectivity index (χ3v) is 8.03. The number of halogens is 2. The van der Waals surface area contributed by atoms with E-state index in [9.17, 15) is 18.0 Å². The van der Waals surface area contributed by atoms with E-state index < -0.39 is 21.9 Å². The quantitative estimate of drug-likeness (QED) is 0.222. The maximum atomic E-state index is 13.2. The molecule has 0 spiro atoms. The molecule has 0 aliphatic rings. The fourth-order valence-electron chi connectivity index (χ4n) is 3.43. The summed E-state index contributed by atoms with van der Waals surface area (Å²) in [4.78, 5) is 25.8. The summed E-state index contributed by atoms with van der Waals surface area (Å²) >= 11 is 13.3. The van der Waals surface area contributed by atoms with Gasteiger partial charge in [0.2, 0.25) is 0 Å². The van der Waals surface area contributed by atoms with E-state index in [1.807, 2.05) is 30.3 Å². The number of carbonyl (C=O) groups excluding carboxylic acids is 2. The molecule has 1 heterocycles. The monoisotopic (exact) mass is 574 g/mol. The topological polar surface area (TPSA) is 102 Å². The summed E-state index contributed by atoms with van der Waals surface area (Å²) in [6, 6.07) is 19.1. The summed E-state index contributed by atoms with van der Waals surface area (Å²) in [7, 11) is -4.04. The first-order valence-electron chi connectivity index (χ1n) is 10.9. The molecule has 37 heavy (non-hydrogen) atoms. The van der Waals surface area contributed by atoms with E-state index in [2.05, 4.69) is 10.0 Å². The number of esters is 1. The number of sulfonamides is 1. The number of anilines is 2. The minimum Gasteiger partial charge on any atom is -0.462 e. The second kappa shape index (κ2) is 11.4. The zero-order chi connectivity index (χ0) is 26.6. The van der Waals surface area contributed by atoms with Crippen LogP contribution >= 0.6 is 34.5 Å². The van der Waals surface area contributed by atoms with Crippen molar-refractivity contribution in [1.82, 2.24) is 0 Å². The fourth-order valence-corrected chi connectivity index (χ4v) is 5.80. The highest BCUT2D eigenvalue weighted by atomic mass is 35.5. The maximum absolute atomic E-state index is 13.2. The summed E-state index contributed by atoms with van der Waals surface area (Å²) in [5.41, 5.74) is 1.81. The van der Waals surface area contributed by atoms with Crippen LogP contribution < -0.4 is 10.0 Å². The van der Waals surface area contributed by atoms with Gasteiger partial charge in [0.05, 0.1) is 22.1 Å². The van der Waals surface area contributed by atoms with Gasteiger partial charge in [-0.3, -0.25) is 9.52 Å². The number of amides is 1. The number of carbonyl (C=O) groups is 2. The molecule has 190 valence electrons. The van der Waals surface area contributed by atoms with Crippen LogP contribution in [0.3, 0.4) is 0 Å². The predicted octanol–water partition coefficient (Wildman–Crippen LogP) is 6.95. The average Bonchev–Trinajstić information content (AvgIpc) is 3.29. The predicted molar refractivity (Wildman–Crippen MR) is 147 cm³/mol. The van der Waals surface area contributed by atoms with Gasteiger partial charge in [0.1, 0.15) is 10.6 Å². The van der Waals surface area contributed by atoms with Gasteiger partial charge < -0.3 is 10.1 Å². The van der Waals surface area contributed by atoms with Crippen LogP contribution in [0.4, 0.5) is 10.7 Å². The minimum absolute atomic E-state index is 0.0421. The molecule has 0 bridgehead atoms. The minimum atomic E-state index is -4.04. The molecule has 4 rings (SSSR count). The Hall–Kier alpha value is -3.37. The van der Waals surface area contributed by atoms with Crippen LogP contribution in [0.25, 0.3) is 11.1 Å². The molecule has 0 atom stereocenters. The van der Waals surface area contributed by atoms with Crippen LogP contribution in [0.2, 0.25) is 10.0 Å². The van der Waals surface area contributed by atoms with Crippen LogP contribution in [0.15, 0.2) is 83.1 Å². The number of rotatable bonds is 8. The number of nitrogens with one attached hydrogen (secondary N) is 2. The summed E-state index contributed by atoms with van der Waals surface area (Å²) in [6.07, 6.45) is 0. The van der Waals surface area contributed by atoms with Gasteiger partial charge >= 0.3 is 5.97 Å². The summed E-state index contributed by atoms with van der Waals surface area (Å²) in [5, 5.41) is 5.20. The van der Waals surface area contributed by atoms with E-state index in [1.54, 1.807) is 24.4 Å². The van der Waals surface area contributed by atoms with E-state index >= 15 is 0 Å². The molecule has 0 aliphatic carbocycles. The van der Waals surface area contributed by atoms with Crippen LogP contribution in [0, 0.1) is 0 Å². The lowest BCUT2D eigenvalue weighted by Crippen LogP contribution is -2.17. The fraction of sp³-hybridized carbons (Fsp3) is 0.0769. The molecule has 4 aromatic rings. The van der Waals surface area contributed by atoms with Gasteiger partial charge in [-0.1, -0.05) is 53.5 Å². The lowest BCUT2D eigenvalue weighted by atomic mass is 10.0. The van der Waals surface area contributed by atoms with E-state index in [0.29, 0.717) is 16.3 Å². The van der Waals surface area contributed by atoms with Gasteiger partial charge in [0.15, 0.2) is 0 Å². The number of thiophene rings is 1. The molecule has 1 aromatic heterocycles. The Morgan fingerprint density at radius 3 is 2.35 bits per heavy atom. The van der Waals surface area contributed by atoms with Crippen molar-refractivity contribution in [2.24, 2.45) is 0 Å². The molecule has 0 saturated carbocycles. The molecule has 3 aromatic carbocycles. The highest BCUT2D eigenvalue weighted by Crippen LogP contribution is 2.37. The van der Waals surface area contributed by atoms with Crippen LogP contribution in [-0.2, 0) is 14.8 Å². The van der Waals surface area contributed by atoms with Crippen LogP contribution in [0.1, 0.15) is 27.6 Å². The van der Waals surface area contributed by atoms with E-state index in [1.165, 1.54) is 30.3 Å². The van der Waals surface area contributed by atoms with Crippen molar-refractivity contribution in [3.8, 4) is 11.1 Å². The van der Waals surface area contributed by atoms with E-state index in [4.69, 9.17) is 27.9 Å². The molecule has 0 radical (unpaired) electrons. The van der Waals surface area contributed by atoms with Gasteiger partial charge in [-0.2, -0.15) is 0 Å². The summed E-state index contributed by atoms with van der Waals surface area (Å²) < 4.78 is 33.5. The summed E-state index contributed by atoms with van der Waals surface area (Å²) in [6.45, 7) is 1.84. The van der Waals surface area contributed by atoms with Gasteiger partial charge in [-0.05, 0) is 55.0 Å². The Morgan fingerprint density at radius 1 is 0.973 bits per heavy atom. The number of benzene rings is 3. The molecule has 1 amide bonds. The first-order valence-corrected chi connectivity index (χ1v) is 14.0. The smallest absolute Gasteiger partial charge is 0.341 e. The van der Waals surface area contributed by atoms with Gasteiger partial charge in [0, 0.05) is 21.7 Å². The van der Waals surface area contributed by atoms with Crippen molar-refractivity contribution in [3.63, 3.8) is 0 Å². The molecule has 2 N–H and O–H groups in total. The highest BCUT2D eigenvalue weighted by molar-refractivity contribution is 7.92. The highest BCUT2D eigenvalue weighted by Gasteiger charge is 2.25. The summed E-state index contributed by atoms with van der Waals surface area (Å²) in [5.74, 6) is -1.27. The maximum Gasteiger partial charge on any atom is 0.341 e. The SMILES string of the molecule is CCOC(=O)c1c(-c2ccccc2)csc1NC(=O)c1cc(S(=O)(=O)Nc2ccc(Cl)cc2)ccc1Cl. The average molecular weight is 575 g/mol. The number of ether oxygens (including phenoxy) is 1. The number of hydrogen-bond acceptors (Lipinski definition) is 6. The molecule has 0 aliphatic heterocycles. The van der Waals surface area contributed by atoms with Gasteiger partial charge in [0.25, 0.3) is 15.9 Å². The van der Waals surface area contributed by atoms with Crippen molar-refractivity contribution < 1.29 is 22.7 Å². The van der Waals surface area contributed by atoms with Crippen molar-refractivity contribution in [3.05, 3.63) is 99.3 Å². The Kier molecular flexibility index (Phi) is 8.19. The Morgan fingerprint density at radius 2 is 1.68 bits per heavy atom. The third-order valence-electron chi connectivity index (χ3n) is 5.17. The molecular weight excluding hydrogens is 555 g/mol. The lowest BCUT2D eigenvalue weighted by Gasteiger charge is -2.12. The Balaban J connectivity index is 1.65. The zero-order valence-corrected chi connectivity index (χ0v) is 22.5. The first-order chi connectivity index (χ1) is 17.7. The largest absolute Gasteiger partial charge is 0.462 e. The van der Waals surface area contributed by atoms with Gasteiger partial charge in [-0.25, -0.2) is 13.2 Å². The second-order valence-corrected chi connectivity index (χ2v) is 11.1. The van der Waals surface area contributed by atoms with Crippen molar-refractivity contribution in [2.45, 2.75) is 11.8 Å². The van der Waals surface area contributed by atoms with Crippen LogP contribution in [-0.4, -0.2) is 26.9 Å². The first kappa shape index (κ1) is 26.7. The van der Waals surface area contributed by atoms with Crippen molar-refractivity contribution in [1.29, 1.82) is 0 Å². The van der Waals surface area contributed by atoms with E-state index in [-0.39, 0.29) is 32.7 Å². The number of hydrogen-bond donors (Lipinski definition) is 2. The normalized spacial score (nSPS) is 11.1. The van der Waals surface area contributed by atoms with Crippen molar-refractivity contribution in [2.75, 3.05) is 16.6 Å². The van der Waals surface area contributed by atoms with Crippen LogP contribution in [0.5, 0.6) is 0 Å². The molecule has 0 fully saturated rings. The Labute approximate surface area is 228 Å².